The Kier molecular flexibility index (Phi) is 5.71. The molecule has 5 aromatic rings. The molecule has 2 aromatic carbocycles. The van der Waals surface area contributed by atoms with Gasteiger partial charge in [-0.3, -0.25) is 14.2 Å². The van der Waals surface area contributed by atoms with Crippen molar-refractivity contribution >= 4 is 27.8 Å². The summed E-state index contributed by atoms with van der Waals surface area (Å²) < 4.78 is 5.28. The number of hydrogen-bond acceptors (Lipinski definition) is 4. The number of aromatic nitrogens is 5. The molecule has 172 valence electrons. The van der Waals surface area contributed by atoms with Gasteiger partial charge in [0.1, 0.15) is 11.7 Å². The van der Waals surface area contributed by atoms with Crippen LogP contribution in [0.3, 0.4) is 0 Å². The molecular weight excluding hydrogens is 428 g/mol. The molecule has 0 bridgehead atoms. The first-order chi connectivity index (χ1) is 16.5. The molecule has 5 rings (SSSR count). The molecule has 8 nitrogen and oxygen atoms in total. The third-order valence-electron chi connectivity index (χ3n) is 6.07. The number of aryl methyl sites for hydroxylation is 2. The molecule has 0 saturated heterocycles. The first-order valence-electron chi connectivity index (χ1n) is 11.3. The fourth-order valence-corrected chi connectivity index (χ4v) is 4.27. The van der Waals surface area contributed by atoms with E-state index in [0.717, 1.165) is 22.0 Å². The number of para-hydroxylation sites is 1. The summed E-state index contributed by atoms with van der Waals surface area (Å²) in [6.45, 7) is 3.31. The second-order valence-corrected chi connectivity index (χ2v) is 8.58. The number of carbonyl (C=O) groups is 1. The van der Waals surface area contributed by atoms with Gasteiger partial charge < -0.3 is 9.88 Å². The van der Waals surface area contributed by atoms with Gasteiger partial charge in [0.25, 0.3) is 5.56 Å². The molecule has 8 heteroatoms. The fourth-order valence-electron chi connectivity index (χ4n) is 4.27. The molecule has 0 atom stereocenters. The summed E-state index contributed by atoms with van der Waals surface area (Å²) >= 11 is 0. The molecule has 34 heavy (non-hydrogen) atoms. The predicted molar refractivity (Wildman–Crippen MR) is 132 cm³/mol. The van der Waals surface area contributed by atoms with Crippen LogP contribution in [0, 0.1) is 6.92 Å². The fraction of sp³-hybridized carbons (Fsp3) is 0.231. The summed E-state index contributed by atoms with van der Waals surface area (Å²) in [6, 6.07) is 16.1. The lowest BCUT2D eigenvalue weighted by atomic mass is 10.1. The van der Waals surface area contributed by atoms with E-state index in [-0.39, 0.29) is 11.5 Å². The standard InChI is InChI=1S/C26H26N6O2/c1-18-7-9-19(10-8-18)15-31-17-28-25-22(26(31)34)14-29-32(25)12-11-27-24(33)13-20-16-30(2)23-6-4-3-5-21(20)23/h3-10,14,16-17H,11-13,15H2,1-2H3,(H,27,33). The lowest BCUT2D eigenvalue weighted by Crippen LogP contribution is -2.29. The SMILES string of the molecule is Cc1ccc(Cn2cnc3c(cnn3CCNC(=O)Cc3cn(C)c4ccccc34)c2=O)cc1. The van der Waals surface area contributed by atoms with Crippen molar-refractivity contribution in [3.63, 3.8) is 0 Å². The molecule has 3 heterocycles. The Morgan fingerprint density at radius 3 is 2.68 bits per heavy atom. The van der Waals surface area contributed by atoms with Crippen molar-refractivity contribution in [2.45, 2.75) is 26.4 Å². The number of carbonyl (C=O) groups excluding carboxylic acids is 1. The number of nitrogens with zero attached hydrogens (tertiary/aromatic N) is 5. The van der Waals surface area contributed by atoms with E-state index in [1.165, 1.54) is 5.56 Å². The highest BCUT2D eigenvalue weighted by atomic mass is 16.1. The summed E-state index contributed by atoms with van der Waals surface area (Å²) in [6.07, 6.45) is 5.41. The Bertz CT molecular complexity index is 1540. The Labute approximate surface area is 196 Å². The lowest BCUT2D eigenvalue weighted by molar-refractivity contribution is -0.120. The Morgan fingerprint density at radius 2 is 1.85 bits per heavy atom. The zero-order valence-electron chi connectivity index (χ0n) is 19.2. The van der Waals surface area contributed by atoms with Crippen molar-refractivity contribution in [2.75, 3.05) is 6.54 Å². The average molecular weight is 455 g/mol. The van der Waals surface area contributed by atoms with Crippen LogP contribution in [0.2, 0.25) is 0 Å². The zero-order valence-corrected chi connectivity index (χ0v) is 19.2. The maximum Gasteiger partial charge on any atom is 0.264 e. The second-order valence-electron chi connectivity index (χ2n) is 8.58. The molecule has 0 aliphatic carbocycles. The first-order valence-corrected chi connectivity index (χ1v) is 11.3. The molecule has 0 radical (unpaired) electrons. The third-order valence-corrected chi connectivity index (χ3v) is 6.07. The normalized spacial score (nSPS) is 11.4. The van der Waals surface area contributed by atoms with E-state index in [2.05, 4.69) is 15.4 Å². The largest absolute Gasteiger partial charge is 0.354 e. The summed E-state index contributed by atoms with van der Waals surface area (Å²) in [4.78, 5) is 29.9. The Balaban J connectivity index is 1.23. The molecule has 0 spiro atoms. The minimum atomic E-state index is -0.128. The highest BCUT2D eigenvalue weighted by molar-refractivity contribution is 5.89. The van der Waals surface area contributed by atoms with E-state index in [9.17, 15) is 9.59 Å². The molecule has 3 aromatic heterocycles. The van der Waals surface area contributed by atoms with Crippen LogP contribution >= 0.6 is 0 Å². The van der Waals surface area contributed by atoms with Crippen LogP contribution in [-0.2, 0) is 31.4 Å². The highest BCUT2D eigenvalue weighted by Gasteiger charge is 2.12. The van der Waals surface area contributed by atoms with Crippen LogP contribution < -0.4 is 10.9 Å². The van der Waals surface area contributed by atoms with Gasteiger partial charge in [-0.25, -0.2) is 9.67 Å². The van der Waals surface area contributed by atoms with E-state index in [1.807, 2.05) is 73.3 Å². The number of hydrogen-bond donors (Lipinski definition) is 1. The summed E-state index contributed by atoms with van der Waals surface area (Å²) in [7, 11) is 1.98. The lowest BCUT2D eigenvalue weighted by Gasteiger charge is -2.08. The highest BCUT2D eigenvalue weighted by Crippen LogP contribution is 2.20. The van der Waals surface area contributed by atoms with E-state index in [0.29, 0.717) is 37.1 Å². The maximum atomic E-state index is 12.9. The summed E-state index contributed by atoms with van der Waals surface area (Å²) in [5.41, 5.74) is 4.71. The number of nitrogens with one attached hydrogen (secondary N) is 1. The quantitative estimate of drug-likeness (QED) is 0.410. The summed E-state index contributed by atoms with van der Waals surface area (Å²) in [5.74, 6) is -0.0544. The number of rotatable bonds is 7. The Hall–Kier alpha value is -4.20. The number of amides is 1. The third kappa shape index (κ3) is 4.22. The Morgan fingerprint density at radius 1 is 1.06 bits per heavy atom. The van der Waals surface area contributed by atoms with Gasteiger partial charge >= 0.3 is 0 Å². The van der Waals surface area contributed by atoms with Crippen LogP contribution in [0.1, 0.15) is 16.7 Å². The van der Waals surface area contributed by atoms with E-state index in [1.54, 1.807) is 21.8 Å². The van der Waals surface area contributed by atoms with Crippen molar-refractivity contribution < 1.29 is 4.79 Å². The summed E-state index contributed by atoms with van der Waals surface area (Å²) in [5, 5.41) is 8.83. The second kappa shape index (κ2) is 8.97. The number of fused-ring (bicyclic) bond motifs is 2. The molecule has 0 saturated carbocycles. The van der Waals surface area contributed by atoms with Crippen LogP contribution in [0.15, 0.2) is 72.0 Å². The van der Waals surface area contributed by atoms with Crippen molar-refractivity contribution in [1.29, 1.82) is 0 Å². The van der Waals surface area contributed by atoms with E-state index >= 15 is 0 Å². The molecule has 0 fully saturated rings. The van der Waals surface area contributed by atoms with Gasteiger partial charge in [0.15, 0.2) is 5.65 Å². The predicted octanol–water partition coefficient (Wildman–Crippen LogP) is 2.80. The smallest absolute Gasteiger partial charge is 0.264 e. The van der Waals surface area contributed by atoms with Crippen LogP contribution in [0.5, 0.6) is 0 Å². The minimum Gasteiger partial charge on any atom is -0.354 e. The molecular formula is C26H26N6O2. The molecule has 1 amide bonds. The molecule has 0 aliphatic rings. The van der Waals surface area contributed by atoms with Gasteiger partial charge in [0.2, 0.25) is 5.91 Å². The van der Waals surface area contributed by atoms with Crippen molar-refractivity contribution in [1.82, 2.24) is 29.2 Å². The van der Waals surface area contributed by atoms with Crippen LogP contribution in [-0.4, -0.2) is 36.4 Å². The van der Waals surface area contributed by atoms with Crippen molar-refractivity contribution in [3.8, 4) is 0 Å². The van der Waals surface area contributed by atoms with Gasteiger partial charge in [-0.1, -0.05) is 48.0 Å². The van der Waals surface area contributed by atoms with Gasteiger partial charge in [0.05, 0.1) is 25.7 Å². The molecule has 0 aliphatic heterocycles. The minimum absolute atomic E-state index is 0.0544. The van der Waals surface area contributed by atoms with E-state index < -0.39 is 0 Å². The number of benzene rings is 2. The van der Waals surface area contributed by atoms with Gasteiger partial charge in [-0.05, 0) is 24.1 Å². The van der Waals surface area contributed by atoms with Gasteiger partial charge in [-0.2, -0.15) is 5.10 Å². The first kappa shape index (κ1) is 21.6. The van der Waals surface area contributed by atoms with Crippen LogP contribution in [0.4, 0.5) is 0 Å². The van der Waals surface area contributed by atoms with Gasteiger partial charge in [0, 0.05) is 30.7 Å². The zero-order chi connectivity index (χ0) is 23.7. The van der Waals surface area contributed by atoms with Crippen molar-refractivity contribution in [2.24, 2.45) is 7.05 Å². The monoisotopic (exact) mass is 454 g/mol. The van der Waals surface area contributed by atoms with E-state index in [4.69, 9.17) is 0 Å². The topological polar surface area (TPSA) is 86.7 Å². The van der Waals surface area contributed by atoms with Gasteiger partial charge in [-0.15, -0.1) is 0 Å². The molecule has 1 N–H and O–H groups in total. The molecule has 0 unspecified atom stereocenters. The maximum absolute atomic E-state index is 12.9. The van der Waals surface area contributed by atoms with Crippen molar-refractivity contribution in [3.05, 3.63) is 94.3 Å². The average Bonchev–Trinajstić information content (AvgIpc) is 3.39. The van der Waals surface area contributed by atoms with Crippen LogP contribution in [0.25, 0.3) is 21.9 Å².